The van der Waals surface area contributed by atoms with Gasteiger partial charge in [0.25, 0.3) is 0 Å². The van der Waals surface area contributed by atoms with Gasteiger partial charge in [0.15, 0.2) is 11.6 Å². The molecule has 0 bridgehead atoms. The third kappa shape index (κ3) is 4.32. The van der Waals surface area contributed by atoms with Gasteiger partial charge in [-0.3, -0.25) is 0 Å². The zero-order chi connectivity index (χ0) is 17.7. The van der Waals surface area contributed by atoms with Crippen molar-refractivity contribution in [3.63, 3.8) is 0 Å². The predicted octanol–water partition coefficient (Wildman–Crippen LogP) is 2.30. The van der Waals surface area contributed by atoms with E-state index in [2.05, 4.69) is 26.1 Å². The van der Waals surface area contributed by atoms with Crippen molar-refractivity contribution in [1.82, 2.24) is 15.4 Å². The van der Waals surface area contributed by atoms with Gasteiger partial charge in [-0.05, 0) is 32.9 Å². The minimum atomic E-state index is -0.446. The average molecular weight is 330 g/mol. The first kappa shape index (κ1) is 17.5. The van der Waals surface area contributed by atoms with Gasteiger partial charge in [-0.15, -0.1) is 0 Å². The molecule has 0 atom stereocenters. The van der Waals surface area contributed by atoms with E-state index in [0.717, 1.165) is 0 Å². The molecule has 8 heteroatoms. The van der Waals surface area contributed by atoms with E-state index < -0.39 is 5.97 Å². The number of nitrogens with two attached hydrogens (primary N) is 1. The fourth-order valence-electron chi connectivity index (χ4n) is 1.85. The minimum absolute atomic E-state index is 0.164. The van der Waals surface area contributed by atoms with Gasteiger partial charge in [-0.25, -0.2) is 20.2 Å². The van der Waals surface area contributed by atoms with Gasteiger partial charge >= 0.3 is 5.97 Å². The highest BCUT2D eigenvalue weighted by atomic mass is 16.5. The van der Waals surface area contributed by atoms with E-state index in [1.807, 2.05) is 20.8 Å². The summed E-state index contributed by atoms with van der Waals surface area (Å²) in [7, 11) is 1.33. The number of aromatic nitrogens is 2. The molecule has 2 rings (SSSR count). The Morgan fingerprint density at radius 2 is 1.83 bits per heavy atom. The second-order valence-electron chi connectivity index (χ2n) is 6.15. The van der Waals surface area contributed by atoms with Crippen LogP contribution in [0.2, 0.25) is 0 Å². The Morgan fingerprint density at radius 3 is 2.50 bits per heavy atom. The number of benzene rings is 1. The summed E-state index contributed by atoms with van der Waals surface area (Å²) in [6.07, 6.45) is 1.38. The molecule has 1 aromatic heterocycles. The Balaban J connectivity index is 2.27. The highest BCUT2D eigenvalue weighted by Crippen LogP contribution is 2.27. The molecular formula is C16H22N6O2. The number of anilines is 4. The van der Waals surface area contributed by atoms with E-state index in [1.54, 1.807) is 24.3 Å². The number of hydrogen-bond donors (Lipinski definition) is 4. The number of hydrogen-bond acceptors (Lipinski definition) is 8. The molecule has 8 nitrogen and oxygen atoms in total. The van der Waals surface area contributed by atoms with Crippen molar-refractivity contribution >= 4 is 29.0 Å². The third-order valence-corrected chi connectivity index (χ3v) is 3.03. The van der Waals surface area contributed by atoms with Crippen LogP contribution in [0.5, 0.6) is 0 Å². The second kappa shape index (κ2) is 7.14. The number of carbonyl (C=O) groups excluding carboxylic acids is 1. The Morgan fingerprint density at radius 1 is 1.17 bits per heavy atom. The fourth-order valence-corrected chi connectivity index (χ4v) is 1.85. The van der Waals surface area contributed by atoms with Gasteiger partial charge in [0.05, 0.1) is 18.4 Å². The highest BCUT2D eigenvalue weighted by molar-refractivity contribution is 5.97. The van der Waals surface area contributed by atoms with Crippen LogP contribution in [0.1, 0.15) is 31.1 Å². The summed E-state index contributed by atoms with van der Waals surface area (Å²) in [6, 6.07) is 6.95. The number of nitrogens with zero attached hydrogens (tertiary/aromatic N) is 2. The van der Waals surface area contributed by atoms with E-state index >= 15 is 0 Å². The number of para-hydroxylation sites is 1. The van der Waals surface area contributed by atoms with Crippen LogP contribution < -0.4 is 21.9 Å². The Kier molecular flexibility index (Phi) is 5.20. The summed E-state index contributed by atoms with van der Waals surface area (Å²) >= 11 is 0. The predicted molar refractivity (Wildman–Crippen MR) is 94.0 cm³/mol. The molecule has 0 aliphatic rings. The summed E-state index contributed by atoms with van der Waals surface area (Å²) in [5, 5.41) is 3.05. The molecule has 0 fully saturated rings. The quantitative estimate of drug-likeness (QED) is 0.488. The first-order valence-corrected chi connectivity index (χ1v) is 7.40. The summed E-state index contributed by atoms with van der Waals surface area (Å²) in [5.41, 5.74) is 13.3. The van der Waals surface area contributed by atoms with Crippen LogP contribution in [0.15, 0.2) is 30.6 Å². The number of nitrogens with one attached hydrogen (secondary N) is 3. The molecular weight excluding hydrogens is 308 g/mol. The van der Waals surface area contributed by atoms with Gasteiger partial charge < -0.3 is 21.2 Å². The molecule has 0 aliphatic carbocycles. The van der Waals surface area contributed by atoms with E-state index in [4.69, 9.17) is 10.5 Å². The maximum Gasteiger partial charge on any atom is 0.339 e. The van der Waals surface area contributed by atoms with E-state index in [1.165, 1.54) is 13.4 Å². The first-order chi connectivity index (χ1) is 11.3. The number of carbonyl (C=O) groups is 1. The standard InChI is InChI=1S/C16H22N6O2/c1-16(2,3)22-21-14-12(17)13(18-9-19-14)20-11-8-6-5-7-10(11)15(23)24-4/h5-9,22H,17H2,1-4H3,(H2,18,19,20,21). The monoisotopic (exact) mass is 330 g/mol. The summed E-state index contributed by atoms with van der Waals surface area (Å²) in [5.74, 6) is 0.385. The molecule has 0 amide bonds. The smallest absolute Gasteiger partial charge is 0.339 e. The lowest BCUT2D eigenvalue weighted by Gasteiger charge is -2.22. The maximum atomic E-state index is 11.8. The molecule has 2 aromatic rings. The van der Waals surface area contributed by atoms with Crippen molar-refractivity contribution < 1.29 is 9.53 Å². The van der Waals surface area contributed by atoms with Gasteiger partial charge in [0.1, 0.15) is 12.0 Å². The van der Waals surface area contributed by atoms with Crippen LogP contribution in [0.3, 0.4) is 0 Å². The molecule has 0 radical (unpaired) electrons. The van der Waals surface area contributed by atoms with Crippen molar-refractivity contribution in [1.29, 1.82) is 0 Å². The molecule has 0 aliphatic heterocycles. The lowest BCUT2D eigenvalue weighted by atomic mass is 10.1. The number of nitrogen functional groups attached to an aromatic ring is 1. The van der Waals surface area contributed by atoms with Gasteiger partial charge in [-0.2, -0.15) is 0 Å². The SMILES string of the molecule is COC(=O)c1ccccc1Nc1ncnc(NNC(C)(C)C)c1N. The zero-order valence-corrected chi connectivity index (χ0v) is 14.2. The molecule has 0 saturated carbocycles. The second-order valence-corrected chi connectivity index (χ2v) is 6.15. The largest absolute Gasteiger partial charge is 0.465 e. The zero-order valence-electron chi connectivity index (χ0n) is 14.2. The fraction of sp³-hybridized carbons (Fsp3) is 0.312. The Bertz CT molecular complexity index is 727. The minimum Gasteiger partial charge on any atom is -0.465 e. The number of methoxy groups -OCH3 is 1. The lowest BCUT2D eigenvalue weighted by molar-refractivity contribution is 0.0602. The van der Waals surface area contributed by atoms with Gasteiger partial charge in [-0.1, -0.05) is 12.1 Å². The van der Waals surface area contributed by atoms with Crippen LogP contribution >= 0.6 is 0 Å². The molecule has 0 unspecified atom stereocenters. The van der Waals surface area contributed by atoms with E-state index in [9.17, 15) is 4.79 Å². The van der Waals surface area contributed by atoms with Crippen LogP contribution in [0.25, 0.3) is 0 Å². The van der Waals surface area contributed by atoms with Crippen LogP contribution in [0, 0.1) is 0 Å². The molecule has 5 N–H and O–H groups in total. The Hall–Kier alpha value is -2.87. The first-order valence-electron chi connectivity index (χ1n) is 7.40. The summed E-state index contributed by atoms with van der Waals surface area (Å²) in [6.45, 7) is 6.01. The number of rotatable bonds is 5. The topological polar surface area (TPSA) is 114 Å². The normalized spacial score (nSPS) is 11.0. The van der Waals surface area contributed by atoms with Crippen LogP contribution in [-0.2, 0) is 4.74 Å². The van der Waals surface area contributed by atoms with Crippen LogP contribution in [0.4, 0.5) is 23.0 Å². The molecule has 128 valence electrons. The number of esters is 1. The third-order valence-electron chi connectivity index (χ3n) is 3.03. The van der Waals surface area contributed by atoms with Crippen molar-refractivity contribution in [3.8, 4) is 0 Å². The van der Waals surface area contributed by atoms with Gasteiger partial charge in [0, 0.05) is 5.54 Å². The molecule has 0 spiro atoms. The summed E-state index contributed by atoms with van der Waals surface area (Å²) < 4.78 is 4.78. The maximum absolute atomic E-state index is 11.8. The van der Waals surface area contributed by atoms with Crippen molar-refractivity contribution in [2.45, 2.75) is 26.3 Å². The van der Waals surface area contributed by atoms with Crippen LogP contribution in [-0.4, -0.2) is 28.6 Å². The molecule has 24 heavy (non-hydrogen) atoms. The van der Waals surface area contributed by atoms with Crippen molar-refractivity contribution in [3.05, 3.63) is 36.2 Å². The molecule has 1 heterocycles. The average Bonchev–Trinajstić information content (AvgIpc) is 2.54. The molecule has 0 saturated heterocycles. The summed E-state index contributed by atoms with van der Waals surface area (Å²) in [4.78, 5) is 20.1. The van der Waals surface area contributed by atoms with E-state index in [-0.39, 0.29) is 5.54 Å². The Labute approximate surface area is 140 Å². The molecule has 1 aromatic carbocycles. The van der Waals surface area contributed by atoms with Crippen molar-refractivity contribution in [2.75, 3.05) is 23.6 Å². The highest BCUT2D eigenvalue weighted by Gasteiger charge is 2.15. The number of ether oxygens (including phenoxy) is 1. The van der Waals surface area contributed by atoms with E-state index in [0.29, 0.717) is 28.6 Å². The number of hydrazine groups is 1. The lowest BCUT2D eigenvalue weighted by Crippen LogP contribution is -2.40. The van der Waals surface area contributed by atoms with Crippen molar-refractivity contribution in [2.24, 2.45) is 0 Å². The van der Waals surface area contributed by atoms with Gasteiger partial charge in [0.2, 0.25) is 0 Å².